The molecule has 2 unspecified atom stereocenters. The molecule has 1 heteroatoms. The van der Waals surface area contributed by atoms with Crippen LogP contribution in [0.25, 0.3) is 10.8 Å². The van der Waals surface area contributed by atoms with Crippen LogP contribution in [0.3, 0.4) is 0 Å². The van der Waals surface area contributed by atoms with Crippen LogP contribution >= 0.6 is 0 Å². The molecule has 3 rings (SSSR count). The molecule has 1 nitrogen and oxygen atoms in total. The van der Waals surface area contributed by atoms with Gasteiger partial charge in [-0.25, -0.2) is 0 Å². The van der Waals surface area contributed by atoms with Gasteiger partial charge in [0, 0.05) is 11.1 Å². The quantitative estimate of drug-likeness (QED) is 0.808. The molecule has 0 heterocycles. The van der Waals surface area contributed by atoms with Crippen LogP contribution in [0.1, 0.15) is 13.8 Å². The van der Waals surface area contributed by atoms with Gasteiger partial charge in [0.15, 0.2) is 0 Å². The lowest BCUT2D eigenvalue weighted by Gasteiger charge is -2.25. The van der Waals surface area contributed by atoms with Crippen LogP contribution in [0.4, 0.5) is 5.69 Å². The Bertz CT molecular complexity index is 646. The highest BCUT2D eigenvalue weighted by atomic mass is 14.9. The van der Waals surface area contributed by atoms with E-state index < -0.39 is 0 Å². The predicted octanol–water partition coefficient (Wildman–Crippen LogP) is 4.77. The molecule has 1 aliphatic carbocycles. The fourth-order valence-corrected chi connectivity index (χ4v) is 2.71. The van der Waals surface area contributed by atoms with Gasteiger partial charge in [-0.2, -0.15) is 0 Å². The van der Waals surface area contributed by atoms with Crippen LogP contribution in [0, 0.1) is 5.92 Å². The molecule has 0 saturated carbocycles. The van der Waals surface area contributed by atoms with E-state index in [1.165, 1.54) is 22.0 Å². The normalized spacial score (nSPS) is 22.3. The average Bonchev–Trinajstić information content (AvgIpc) is 2.42. The van der Waals surface area contributed by atoms with Crippen LogP contribution in [-0.2, 0) is 0 Å². The minimum atomic E-state index is 0.370. The molecule has 0 aliphatic heterocycles. The van der Waals surface area contributed by atoms with Crippen LogP contribution in [-0.4, -0.2) is 6.04 Å². The van der Waals surface area contributed by atoms with E-state index in [-0.39, 0.29) is 0 Å². The third-order valence-electron chi connectivity index (χ3n) is 3.77. The summed E-state index contributed by atoms with van der Waals surface area (Å²) in [5.41, 5.74) is 2.57. The molecule has 0 radical (unpaired) electrons. The molecule has 2 aromatic rings. The molecule has 0 aromatic heterocycles. The lowest BCUT2D eigenvalue weighted by atomic mass is 9.93. The number of allylic oxidation sites excluding steroid dienone is 2. The summed E-state index contributed by atoms with van der Waals surface area (Å²) in [6.45, 7) is 4.41. The van der Waals surface area contributed by atoms with Gasteiger partial charge in [0.25, 0.3) is 0 Å². The van der Waals surface area contributed by atoms with Gasteiger partial charge < -0.3 is 5.32 Å². The SMILES string of the molecule is CC1=CC(C)C(Nc2cccc3ccccc23)C=C1. The van der Waals surface area contributed by atoms with Gasteiger partial charge in [0.05, 0.1) is 6.04 Å². The summed E-state index contributed by atoms with van der Waals surface area (Å²) in [5, 5.41) is 6.24. The highest BCUT2D eigenvalue weighted by Crippen LogP contribution is 2.26. The first kappa shape index (κ1) is 12.0. The summed E-state index contributed by atoms with van der Waals surface area (Å²) in [6, 6.07) is 15.3. The zero-order valence-corrected chi connectivity index (χ0v) is 11.4. The van der Waals surface area contributed by atoms with E-state index in [1.54, 1.807) is 0 Å². The molecule has 2 aromatic carbocycles. The second-order valence-corrected chi connectivity index (χ2v) is 5.33. The van der Waals surface area contributed by atoms with Crippen molar-refractivity contribution in [3.05, 3.63) is 66.3 Å². The van der Waals surface area contributed by atoms with Gasteiger partial charge in [0.2, 0.25) is 0 Å². The molecule has 0 saturated heterocycles. The topological polar surface area (TPSA) is 12.0 Å². The van der Waals surface area contributed by atoms with Crippen LogP contribution in [0.15, 0.2) is 66.3 Å². The number of nitrogens with one attached hydrogen (secondary N) is 1. The van der Waals surface area contributed by atoms with E-state index in [0.717, 1.165) is 0 Å². The first-order valence-corrected chi connectivity index (χ1v) is 6.85. The van der Waals surface area contributed by atoms with Crippen molar-refractivity contribution in [1.29, 1.82) is 0 Å². The number of anilines is 1. The number of hydrogen-bond donors (Lipinski definition) is 1. The van der Waals surface area contributed by atoms with Crippen LogP contribution < -0.4 is 5.32 Å². The molecule has 1 aliphatic rings. The molecular formula is C18H19N. The maximum Gasteiger partial charge on any atom is 0.0508 e. The molecule has 2 atom stereocenters. The van der Waals surface area contributed by atoms with Gasteiger partial charge in [0.1, 0.15) is 0 Å². The smallest absolute Gasteiger partial charge is 0.0508 e. The Morgan fingerprint density at radius 1 is 1.00 bits per heavy atom. The Labute approximate surface area is 114 Å². The Morgan fingerprint density at radius 2 is 1.79 bits per heavy atom. The summed E-state index contributed by atoms with van der Waals surface area (Å²) in [4.78, 5) is 0. The molecule has 0 spiro atoms. The fraction of sp³-hybridized carbons (Fsp3) is 0.222. The molecule has 0 fully saturated rings. The summed E-state index contributed by atoms with van der Waals surface area (Å²) >= 11 is 0. The Balaban J connectivity index is 1.92. The van der Waals surface area contributed by atoms with Crippen molar-refractivity contribution >= 4 is 16.5 Å². The lowest BCUT2D eigenvalue weighted by Crippen LogP contribution is -2.25. The number of rotatable bonds is 2. The van der Waals surface area contributed by atoms with Crippen molar-refractivity contribution in [3.8, 4) is 0 Å². The molecule has 0 amide bonds. The van der Waals surface area contributed by atoms with Crippen molar-refractivity contribution in [2.45, 2.75) is 19.9 Å². The Morgan fingerprint density at radius 3 is 2.63 bits per heavy atom. The van der Waals surface area contributed by atoms with Crippen molar-refractivity contribution in [3.63, 3.8) is 0 Å². The van der Waals surface area contributed by atoms with Gasteiger partial charge in [-0.05, 0) is 24.3 Å². The van der Waals surface area contributed by atoms with E-state index in [1.807, 2.05) is 0 Å². The fourth-order valence-electron chi connectivity index (χ4n) is 2.71. The summed E-state index contributed by atoms with van der Waals surface area (Å²) in [7, 11) is 0. The van der Waals surface area contributed by atoms with Crippen molar-refractivity contribution in [1.82, 2.24) is 0 Å². The third-order valence-corrected chi connectivity index (χ3v) is 3.77. The molecular weight excluding hydrogens is 230 g/mol. The summed E-state index contributed by atoms with van der Waals surface area (Å²) in [5.74, 6) is 0.518. The number of hydrogen-bond acceptors (Lipinski definition) is 1. The maximum atomic E-state index is 3.66. The standard InChI is InChI=1S/C18H19N/c1-13-10-11-17(14(2)12-13)19-18-9-5-7-15-6-3-4-8-16(15)18/h3-12,14,17,19H,1-2H3. The second-order valence-electron chi connectivity index (χ2n) is 5.33. The number of benzene rings is 2. The largest absolute Gasteiger partial charge is 0.378 e. The summed E-state index contributed by atoms with van der Waals surface area (Å²) < 4.78 is 0. The van der Waals surface area contributed by atoms with Gasteiger partial charge in [-0.15, -0.1) is 0 Å². The number of fused-ring (bicyclic) bond motifs is 1. The summed E-state index contributed by atoms with van der Waals surface area (Å²) in [6.07, 6.45) is 6.79. The third kappa shape index (κ3) is 2.41. The van der Waals surface area contributed by atoms with E-state index in [0.29, 0.717) is 12.0 Å². The van der Waals surface area contributed by atoms with Crippen LogP contribution in [0.5, 0.6) is 0 Å². The molecule has 1 N–H and O–H groups in total. The Hall–Kier alpha value is -2.02. The van der Waals surface area contributed by atoms with Crippen molar-refractivity contribution in [2.75, 3.05) is 5.32 Å². The highest BCUT2D eigenvalue weighted by molar-refractivity contribution is 5.93. The van der Waals surface area contributed by atoms with E-state index in [9.17, 15) is 0 Å². The lowest BCUT2D eigenvalue weighted by molar-refractivity contribution is 0.655. The van der Waals surface area contributed by atoms with Crippen molar-refractivity contribution in [2.24, 2.45) is 5.92 Å². The van der Waals surface area contributed by atoms with E-state index in [2.05, 4.69) is 79.9 Å². The van der Waals surface area contributed by atoms with Gasteiger partial charge in [-0.3, -0.25) is 0 Å². The predicted molar refractivity (Wildman–Crippen MR) is 83.4 cm³/mol. The molecule has 19 heavy (non-hydrogen) atoms. The first-order chi connectivity index (χ1) is 9.24. The van der Waals surface area contributed by atoms with E-state index in [4.69, 9.17) is 0 Å². The minimum absolute atomic E-state index is 0.370. The Kier molecular flexibility index (Phi) is 3.12. The van der Waals surface area contributed by atoms with E-state index >= 15 is 0 Å². The van der Waals surface area contributed by atoms with Crippen LogP contribution in [0.2, 0.25) is 0 Å². The maximum absolute atomic E-state index is 3.66. The molecule has 96 valence electrons. The average molecular weight is 249 g/mol. The zero-order chi connectivity index (χ0) is 13.2. The van der Waals surface area contributed by atoms with Gasteiger partial charge >= 0.3 is 0 Å². The second kappa shape index (κ2) is 4.93. The van der Waals surface area contributed by atoms with Gasteiger partial charge in [-0.1, -0.05) is 67.1 Å². The molecule has 0 bridgehead atoms. The zero-order valence-electron chi connectivity index (χ0n) is 11.4. The monoisotopic (exact) mass is 249 g/mol. The highest BCUT2D eigenvalue weighted by Gasteiger charge is 2.16. The first-order valence-electron chi connectivity index (χ1n) is 6.85. The van der Waals surface area contributed by atoms with Crippen molar-refractivity contribution < 1.29 is 0 Å². The minimum Gasteiger partial charge on any atom is -0.378 e.